The average molecular weight is 211 g/mol. The predicted octanol–water partition coefficient (Wildman–Crippen LogP) is 1.86. The molecule has 0 aliphatic carbocycles. The van der Waals surface area contributed by atoms with Gasteiger partial charge in [0.05, 0.1) is 0 Å². The van der Waals surface area contributed by atoms with Crippen molar-refractivity contribution >= 4 is 0 Å². The number of nitrogens with zero attached hydrogens (tertiary/aromatic N) is 3. The maximum Gasteiger partial charge on any atom is 0.345 e. The SMILES string of the molecule is CCCCCCCn1nc(C)n(C)c1=O. The molecule has 0 atom stereocenters. The van der Waals surface area contributed by atoms with Crippen molar-refractivity contribution in [2.45, 2.75) is 52.5 Å². The van der Waals surface area contributed by atoms with Crippen molar-refractivity contribution in [3.8, 4) is 0 Å². The predicted molar refractivity (Wildman–Crippen MR) is 61.0 cm³/mol. The molecule has 0 amide bonds. The number of aryl methyl sites for hydroxylation is 2. The fraction of sp³-hybridized carbons (Fsp3) is 0.818. The van der Waals surface area contributed by atoms with Crippen molar-refractivity contribution in [3.05, 3.63) is 16.3 Å². The fourth-order valence-corrected chi connectivity index (χ4v) is 1.61. The molecule has 1 aromatic rings. The molecule has 0 aliphatic heterocycles. The van der Waals surface area contributed by atoms with Gasteiger partial charge >= 0.3 is 5.69 Å². The second-order valence-electron chi connectivity index (χ2n) is 4.03. The van der Waals surface area contributed by atoms with E-state index in [1.54, 1.807) is 16.3 Å². The summed E-state index contributed by atoms with van der Waals surface area (Å²) in [5.41, 5.74) is 0.00277. The van der Waals surface area contributed by atoms with Gasteiger partial charge in [0.25, 0.3) is 0 Å². The van der Waals surface area contributed by atoms with Crippen LogP contribution in [0.5, 0.6) is 0 Å². The summed E-state index contributed by atoms with van der Waals surface area (Å²) in [4.78, 5) is 11.6. The molecule has 4 nitrogen and oxygen atoms in total. The van der Waals surface area contributed by atoms with E-state index in [1.165, 1.54) is 25.7 Å². The van der Waals surface area contributed by atoms with Gasteiger partial charge in [0, 0.05) is 13.6 Å². The zero-order valence-electron chi connectivity index (χ0n) is 9.99. The van der Waals surface area contributed by atoms with E-state index in [9.17, 15) is 4.79 Å². The van der Waals surface area contributed by atoms with Crippen molar-refractivity contribution in [2.75, 3.05) is 0 Å². The van der Waals surface area contributed by atoms with E-state index >= 15 is 0 Å². The standard InChI is InChI=1S/C11H21N3O/c1-4-5-6-7-8-9-14-11(15)13(3)10(2)12-14/h4-9H2,1-3H3. The number of unbranched alkanes of at least 4 members (excludes halogenated alkanes) is 4. The molecule has 15 heavy (non-hydrogen) atoms. The molecule has 1 aromatic heterocycles. The Morgan fingerprint density at radius 2 is 1.87 bits per heavy atom. The lowest BCUT2D eigenvalue weighted by atomic mass is 10.1. The molecule has 0 saturated heterocycles. The molecule has 0 unspecified atom stereocenters. The first-order chi connectivity index (χ1) is 7.16. The van der Waals surface area contributed by atoms with Gasteiger partial charge in [-0.15, -0.1) is 0 Å². The van der Waals surface area contributed by atoms with Crippen LogP contribution in [0.4, 0.5) is 0 Å². The second kappa shape index (κ2) is 5.73. The van der Waals surface area contributed by atoms with Gasteiger partial charge in [0.2, 0.25) is 0 Å². The molecule has 4 heteroatoms. The lowest BCUT2D eigenvalue weighted by molar-refractivity contribution is 0.516. The van der Waals surface area contributed by atoms with Crippen LogP contribution < -0.4 is 5.69 Å². The molecule has 0 saturated carbocycles. The van der Waals surface area contributed by atoms with Crippen LogP contribution in [0.1, 0.15) is 44.9 Å². The van der Waals surface area contributed by atoms with Crippen molar-refractivity contribution in [1.82, 2.24) is 14.3 Å². The molecule has 1 rings (SSSR count). The van der Waals surface area contributed by atoms with Gasteiger partial charge in [-0.2, -0.15) is 5.10 Å². The Hall–Kier alpha value is -1.06. The minimum atomic E-state index is 0.00277. The van der Waals surface area contributed by atoms with Gasteiger partial charge in [0.15, 0.2) is 0 Å². The van der Waals surface area contributed by atoms with E-state index < -0.39 is 0 Å². The normalized spacial score (nSPS) is 10.9. The Kier molecular flexibility index (Phi) is 4.59. The topological polar surface area (TPSA) is 39.8 Å². The Morgan fingerprint density at radius 1 is 1.20 bits per heavy atom. The van der Waals surface area contributed by atoms with Crippen LogP contribution >= 0.6 is 0 Å². The highest BCUT2D eigenvalue weighted by molar-refractivity contribution is 4.81. The van der Waals surface area contributed by atoms with Gasteiger partial charge in [0.1, 0.15) is 5.82 Å². The maximum absolute atomic E-state index is 11.6. The number of hydrogen-bond acceptors (Lipinski definition) is 2. The molecule has 0 fully saturated rings. The molecule has 0 bridgehead atoms. The van der Waals surface area contributed by atoms with Gasteiger partial charge in [-0.1, -0.05) is 32.6 Å². The zero-order chi connectivity index (χ0) is 11.3. The summed E-state index contributed by atoms with van der Waals surface area (Å²) in [6, 6.07) is 0. The van der Waals surface area contributed by atoms with Gasteiger partial charge < -0.3 is 0 Å². The molecule has 1 heterocycles. The van der Waals surface area contributed by atoms with E-state index in [4.69, 9.17) is 0 Å². The van der Waals surface area contributed by atoms with Crippen molar-refractivity contribution in [1.29, 1.82) is 0 Å². The molecule has 0 aromatic carbocycles. The molecule has 0 radical (unpaired) electrons. The van der Waals surface area contributed by atoms with Crippen LogP contribution in [0.2, 0.25) is 0 Å². The lowest BCUT2D eigenvalue weighted by Gasteiger charge is -1.99. The molecule has 0 aliphatic rings. The summed E-state index contributed by atoms with van der Waals surface area (Å²) in [5, 5.41) is 4.19. The largest absolute Gasteiger partial charge is 0.345 e. The minimum absolute atomic E-state index is 0.00277. The van der Waals surface area contributed by atoms with Crippen LogP contribution in [0, 0.1) is 6.92 Å². The summed E-state index contributed by atoms with van der Waals surface area (Å²) in [6.45, 7) is 4.81. The number of aromatic nitrogens is 3. The lowest BCUT2D eigenvalue weighted by Crippen LogP contribution is -2.23. The average Bonchev–Trinajstić information content (AvgIpc) is 2.46. The third-order valence-electron chi connectivity index (χ3n) is 2.73. The highest BCUT2D eigenvalue weighted by atomic mass is 16.2. The van der Waals surface area contributed by atoms with Crippen LogP contribution in [-0.2, 0) is 13.6 Å². The summed E-state index contributed by atoms with van der Waals surface area (Å²) < 4.78 is 3.16. The summed E-state index contributed by atoms with van der Waals surface area (Å²) >= 11 is 0. The van der Waals surface area contributed by atoms with Crippen LogP contribution in [0.25, 0.3) is 0 Å². The first kappa shape index (κ1) is 12.0. The van der Waals surface area contributed by atoms with Crippen molar-refractivity contribution < 1.29 is 0 Å². The van der Waals surface area contributed by atoms with E-state index in [1.807, 2.05) is 6.92 Å². The van der Waals surface area contributed by atoms with Crippen LogP contribution in [0.3, 0.4) is 0 Å². The molecule has 0 spiro atoms. The van der Waals surface area contributed by atoms with E-state index in [-0.39, 0.29) is 5.69 Å². The molecular weight excluding hydrogens is 190 g/mol. The second-order valence-corrected chi connectivity index (χ2v) is 4.03. The first-order valence-electron chi connectivity index (χ1n) is 5.77. The smallest absolute Gasteiger partial charge is 0.282 e. The third kappa shape index (κ3) is 3.22. The highest BCUT2D eigenvalue weighted by Crippen LogP contribution is 2.03. The molecule has 0 N–H and O–H groups in total. The number of rotatable bonds is 6. The van der Waals surface area contributed by atoms with Crippen LogP contribution in [-0.4, -0.2) is 14.3 Å². The van der Waals surface area contributed by atoms with Crippen molar-refractivity contribution in [2.24, 2.45) is 7.05 Å². The highest BCUT2D eigenvalue weighted by Gasteiger charge is 2.04. The summed E-state index contributed by atoms with van der Waals surface area (Å²) in [7, 11) is 1.76. The van der Waals surface area contributed by atoms with Gasteiger partial charge in [-0.25, -0.2) is 9.48 Å². The van der Waals surface area contributed by atoms with Gasteiger partial charge in [-0.3, -0.25) is 4.57 Å². The summed E-state index contributed by atoms with van der Waals surface area (Å²) in [5.74, 6) is 0.786. The molecular formula is C11H21N3O. The Labute approximate surface area is 90.9 Å². The minimum Gasteiger partial charge on any atom is -0.282 e. The number of hydrogen-bond donors (Lipinski definition) is 0. The Bertz CT molecular complexity index is 351. The maximum atomic E-state index is 11.6. The Morgan fingerprint density at radius 3 is 2.40 bits per heavy atom. The Balaban J connectivity index is 2.38. The van der Waals surface area contributed by atoms with Crippen LogP contribution in [0.15, 0.2) is 4.79 Å². The quantitative estimate of drug-likeness (QED) is 0.674. The van der Waals surface area contributed by atoms with Gasteiger partial charge in [-0.05, 0) is 13.3 Å². The van der Waals surface area contributed by atoms with E-state index in [2.05, 4.69) is 12.0 Å². The molecule has 86 valence electrons. The fourth-order valence-electron chi connectivity index (χ4n) is 1.61. The van der Waals surface area contributed by atoms with E-state index in [0.717, 1.165) is 18.8 Å². The summed E-state index contributed by atoms with van der Waals surface area (Å²) in [6.07, 6.45) is 6.04. The zero-order valence-corrected chi connectivity index (χ0v) is 9.99. The first-order valence-corrected chi connectivity index (χ1v) is 5.77. The van der Waals surface area contributed by atoms with E-state index in [0.29, 0.717) is 0 Å². The monoisotopic (exact) mass is 211 g/mol. The van der Waals surface area contributed by atoms with Crippen molar-refractivity contribution in [3.63, 3.8) is 0 Å². The third-order valence-corrected chi connectivity index (χ3v) is 2.73.